The molecule has 0 aliphatic heterocycles. The Morgan fingerprint density at radius 3 is 2.18 bits per heavy atom. The van der Waals surface area contributed by atoms with E-state index in [1.54, 1.807) is 0 Å². The third-order valence-electron chi connectivity index (χ3n) is 4.13. The maximum atomic E-state index is 4.81. The number of nitrogens with zero attached hydrogens (tertiary/aromatic N) is 7. The molecule has 2 aromatic heterocycles. The maximum absolute atomic E-state index is 4.81. The first-order valence-electron chi connectivity index (χ1n) is 9.08. The lowest BCUT2D eigenvalue weighted by Crippen LogP contribution is -2.05. The Labute approximate surface area is 167 Å². The highest BCUT2D eigenvalue weighted by atomic mass is 32.2. The van der Waals surface area contributed by atoms with Gasteiger partial charge in [0, 0.05) is 17.7 Å². The summed E-state index contributed by atoms with van der Waals surface area (Å²) < 4.78 is 1.82. The van der Waals surface area contributed by atoms with Crippen LogP contribution in [0.15, 0.2) is 65.8 Å². The Morgan fingerprint density at radius 1 is 0.821 bits per heavy atom. The van der Waals surface area contributed by atoms with E-state index in [2.05, 4.69) is 32.6 Å². The van der Waals surface area contributed by atoms with E-state index in [1.807, 2.05) is 65.3 Å². The topological polar surface area (TPSA) is 82.3 Å². The van der Waals surface area contributed by atoms with Crippen molar-refractivity contribution in [2.24, 2.45) is 0 Å². The summed E-state index contributed by atoms with van der Waals surface area (Å²) in [5.74, 6) is 1.40. The van der Waals surface area contributed by atoms with Gasteiger partial charge >= 0.3 is 0 Å². The van der Waals surface area contributed by atoms with Gasteiger partial charge in [-0.05, 0) is 16.8 Å². The highest BCUT2D eigenvalue weighted by molar-refractivity contribution is 7.98. The van der Waals surface area contributed by atoms with Gasteiger partial charge in [0.25, 0.3) is 0 Å². The minimum atomic E-state index is 0.591. The quantitative estimate of drug-likeness (QED) is 0.443. The summed E-state index contributed by atoms with van der Waals surface area (Å²) in [7, 11) is 0. The number of hydrogen-bond donors (Lipinski definition) is 0. The molecule has 0 saturated carbocycles. The van der Waals surface area contributed by atoms with Crippen molar-refractivity contribution in [2.75, 3.05) is 0 Å². The van der Waals surface area contributed by atoms with Crippen molar-refractivity contribution >= 4 is 11.8 Å². The minimum Gasteiger partial charge on any atom is -0.229 e. The Bertz CT molecular complexity index is 1030. The summed E-state index contributed by atoms with van der Waals surface area (Å²) in [6, 6.07) is 20.0. The molecule has 0 saturated heterocycles. The highest BCUT2D eigenvalue weighted by Gasteiger charge is 2.14. The summed E-state index contributed by atoms with van der Waals surface area (Å²) in [5.41, 5.74) is 3.59. The molecule has 0 fully saturated rings. The van der Waals surface area contributed by atoms with Crippen molar-refractivity contribution < 1.29 is 0 Å². The first-order chi connectivity index (χ1) is 13.8. The summed E-state index contributed by atoms with van der Waals surface area (Å²) in [4.78, 5) is 4.81. The van der Waals surface area contributed by atoms with Gasteiger partial charge < -0.3 is 0 Å². The molecule has 0 N–H and O–H groups in total. The van der Waals surface area contributed by atoms with Gasteiger partial charge in [0.2, 0.25) is 5.16 Å². The van der Waals surface area contributed by atoms with Crippen molar-refractivity contribution in [2.45, 2.75) is 30.8 Å². The number of benzene rings is 2. The normalized spacial score (nSPS) is 10.9. The fourth-order valence-corrected chi connectivity index (χ4v) is 3.52. The minimum absolute atomic E-state index is 0.591. The molecule has 2 heterocycles. The Kier molecular flexibility index (Phi) is 5.67. The van der Waals surface area contributed by atoms with Crippen LogP contribution in [0, 0.1) is 0 Å². The van der Waals surface area contributed by atoms with Gasteiger partial charge in [-0.3, -0.25) is 0 Å². The van der Waals surface area contributed by atoms with Gasteiger partial charge in [-0.2, -0.15) is 0 Å². The molecule has 0 radical (unpaired) electrons. The van der Waals surface area contributed by atoms with Crippen LogP contribution < -0.4 is 0 Å². The second-order valence-corrected chi connectivity index (χ2v) is 7.07. The SMILES string of the molecule is CCCn1nnnc1CSc1nnc(-c2ccccc2)c(-c2ccccc2)n1. The standard InChI is InChI=1S/C20H19N7S/c1-2-13-27-17(22-25-26-27)14-28-20-21-18(15-9-5-3-6-10-15)19(23-24-20)16-11-7-4-8-12-16/h3-12H,2,13-14H2,1H3. The average Bonchev–Trinajstić information content (AvgIpc) is 3.21. The van der Waals surface area contributed by atoms with Crippen molar-refractivity contribution in [3.63, 3.8) is 0 Å². The van der Waals surface area contributed by atoms with E-state index in [9.17, 15) is 0 Å². The van der Waals surface area contributed by atoms with Gasteiger partial charge in [-0.25, -0.2) is 9.67 Å². The van der Waals surface area contributed by atoms with E-state index >= 15 is 0 Å². The molecule has 7 nitrogen and oxygen atoms in total. The number of aromatic nitrogens is 7. The summed E-state index contributed by atoms with van der Waals surface area (Å²) in [6.07, 6.45) is 0.977. The molecule has 4 rings (SSSR count). The van der Waals surface area contributed by atoms with Crippen molar-refractivity contribution in [1.29, 1.82) is 0 Å². The smallest absolute Gasteiger partial charge is 0.210 e. The van der Waals surface area contributed by atoms with Gasteiger partial charge in [0.15, 0.2) is 5.82 Å². The molecule has 0 aliphatic rings. The monoisotopic (exact) mass is 389 g/mol. The number of aryl methyl sites for hydroxylation is 1. The fraction of sp³-hybridized carbons (Fsp3) is 0.200. The van der Waals surface area contributed by atoms with Crippen LogP contribution in [-0.2, 0) is 12.3 Å². The summed E-state index contributed by atoms with van der Waals surface area (Å²) >= 11 is 1.48. The van der Waals surface area contributed by atoms with Crippen LogP contribution in [0.3, 0.4) is 0 Å². The first-order valence-corrected chi connectivity index (χ1v) is 10.1. The largest absolute Gasteiger partial charge is 0.229 e. The van der Waals surface area contributed by atoms with Crippen molar-refractivity contribution in [1.82, 2.24) is 35.4 Å². The lowest BCUT2D eigenvalue weighted by atomic mass is 10.0. The molecule has 28 heavy (non-hydrogen) atoms. The predicted molar refractivity (Wildman–Crippen MR) is 108 cm³/mol. The predicted octanol–water partition coefficient (Wildman–Crippen LogP) is 3.89. The molecule has 0 atom stereocenters. The molecule has 0 bridgehead atoms. The van der Waals surface area contributed by atoms with E-state index in [4.69, 9.17) is 4.98 Å². The molecular weight excluding hydrogens is 370 g/mol. The van der Waals surface area contributed by atoms with E-state index in [-0.39, 0.29) is 0 Å². The first kappa shape index (κ1) is 18.2. The van der Waals surface area contributed by atoms with Crippen molar-refractivity contribution in [3.05, 3.63) is 66.5 Å². The van der Waals surface area contributed by atoms with Gasteiger partial charge in [-0.15, -0.1) is 15.3 Å². The van der Waals surface area contributed by atoms with Crippen LogP contribution in [0.2, 0.25) is 0 Å². The summed E-state index contributed by atoms with van der Waals surface area (Å²) in [6.45, 7) is 2.89. The average molecular weight is 389 g/mol. The number of thioether (sulfide) groups is 1. The van der Waals surface area contributed by atoms with Gasteiger partial charge in [0.05, 0.1) is 5.75 Å². The van der Waals surface area contributed by atoms with Crippen LogP contribution in [0.5, 0.6) is 0 Å². The second-order valence-electron chi connectivity index (χ2n) is 6.13. The van der Waals surface area contributed by atoms with Crippen LogP contribution in [-0.4, -0.2) is 35.4 Å². The van der Waals surface area contributed by atoms with E-state index < -0.39 is 0 Å². The molecule has 0 unspecified atom stereocenters. The number of rotatable bonds is 7. The molecule has 0 aliphatic carbocycles. The third-order valence-corrected chi connectivity index (χ3v) is 4.97. The fourth-order valence-electron chi connectivity index (χ4n) is 2.80. The molecule has 0 amide bonds. The van der Waals surface area contributed by atoms with Crippen LogP contribution in [0.25, 0.3) is 22.5 Å². The van der Waals surface area contributed by atoms with Crippen LogP contribution in [0.4, 0.5) is 0 Å². The van der Waals surface area contributed by atoms with E-state index in [1.165, 1.54) is 11.8 Å². The highest BCUT2D eigenvalue weighted by Crippen LogP contribution is 2.30. The Balaban J connectivity index is 1.65. The third kappa shape index (κ3) is 4.07. The molecule has 8 heteroatoms. The molecular formula is C20H19N7S. The Morgan fingerprint density at radius 2 is 1.50 bits per heavy atom. The van der Waals surface area contributed by atoms with Crippen LogP contribution >= 0.6 is 11.8 Å². The maximum Gasteiger partial charge on any atom is 0.210 e. The summed E-state index contributed by atoms with van der Waals surface area (Å²) in [5, 5.41) is 21.3. The Hall–Kier alpha value is -3.13. The van der Waals surface area contributed by atoms with Crippen LogP contribution in [0.1, 0.15) is 19.2 Å². The van der Waals surface area contributed by atoms with Crippen molar-refractivity contribution in [3.8, 4) is 22.5 Å². The molecule has 2 aromatic carbocycles. The van der Waals surface area contributed by atoms with Gasteiger partial charge in [0.1, 0.15) is 11.4 Å². The molecule has 140 valence electrons. The second kappa shape index (κ2) is 8.71. The number of hydrogen-bond acceptors (Lipinski definition) is 7. The zero-order valence-electron chi connectivity index (χ0n) is 15.4. The number of tetrazole rings is 1. The van der Waals surface area contributed by atoms with Gasteiger partial charge in [-0.1, -0.05) is 79.3 Å². The zero-order valence-corrected chi connectivity index (χ0v) is 16.3. The molecule has 4 aromatic rings. The lowest BCUT2D eigenvalue weighted by molar-refractivity contribution is 0.564. The van der Waals surface area contributed by atoms with E-state index in [0.717, 1.165) is 41.3 Å². The van der Waals surface area contributed by atoms with E-state index in [0.29, 0.717) is 10.9 Å². The lowest BCUT2D eigenvalue weighted by Gasteiger charge is -2.09. The molecule has 0 spiro atoms. The zero-order chi connectivity index (χ0) is 19.2.